The lowest BCUT2D eigenvalue weighted by Crippen LogP contribution is -2.33. The number of halogens is 1. The Balaban J connectivity index is 1.10. The molecule has 48 heavy (non-hydrogen) atoms. The van der Waals surface area contributed by atoms with Crippen molar-refractivity contribution in [1.29, 1.82) is 0 Å². The third-order valence-electron chi connectivity index (χ3n) is 10.8. The number of ether oxygens (including phenoxy) is 2. The normalized spacial score (nSPS) is 18.4. The van der Waals surface area contributed by atoms with Crippen LogP contribution in [0.15, 0.2) is 65.5 Å². The van der Waals surface area contributed by atoms with Crippen molar-refractivity contribution >= 4 is 23.0 Å². The van der Waals surface area contributed by atoms with Gasteiger partial charge in [-0.05, 0) is 76.8 Å². The van der Waals surface area contributed by atoms with E-state index in [0.29, 0.717) is 52.9 Å². The zero-order chi connectivity index (χ0) is 32.8. The molecule has 0 bridgehead atoms. The fourth-order valence-electron chi connectivity index (χ4n) is 8.50. The number of rotatable bonds is 4. The summed E-state index contributed by atoms with van der Waals surface area (Å²) in [6.07, 6.45) is 1.06. The minimum atomic E-state index is -0.537. The molecule has 2 aromatic heterocycles. The summed E-state index contributed by atoms with van der Waals surface area (Å²) >= 11 is 0. The molecular weight excluding hydrogens is 609 g/mol. The average molecular weight is 642 g/mol. The number of carbonyl (C=O) groups is 2. The van der Waals surface area contributed by atoms with Crippen molar-refractivity contribution in [1.82, 2.24) is 14.9 Å². The molecule has 1 amide bonds. The first kappa shape index (κ1) is 28.9. The maximum atomic E-state index is 15.3. The molecule has 0 saturated heterocycles. The molecule has 0 unspecified atom stereocenters. The molecule has 0 spiro atoms. The van der Waals surface area contributed by atoms with Gasteiger partial charge in [0.15, 0.2) is 0 Å². The second kappa shape index (κ2) is 10.6. The second-order valence-electron chi connectivity index (χ2n) is 13.2. The van der Waals surface area contributed by atoms with Crippen molar-refractivity contribution in [2.24, 2.45) is 0 Å². The van der Waals surface area contributed by atoms with E-state index in [0.717, 1.165) is 44.3 Å². The van der Waals surface area contributed by atoms with Crippen molar-refractivity contribution in [2.45, 2.75) is 64.1 Å². The van der Waals surface area contributed by atoms with Crippen LogP contribution in [0, 0.1) is 12.7 Å². The Hall–Kier alpha value is -5.31. The van der Waals surface area contributed by atoms with Crippen LogP contribution in [0.3, 0.4) is 0 Å². The van der Waals surface area contributed by atoms with Gasteiger partial charge >= 0.3 is 12.1 Å². The highest BCUT2D eigenvalue weighted by Crippen LogP contribution is 2.47. The van der Waals surface area contributed by atoms with E-state index in [-0.39, 0.29) is 43.0 Å². The van der Waals surface area contributed by atoms with E-state index in [9.17, 15) is 14.4 Å². The maximum Gasteiger partial charge on any atom is 0.407 e. The van der Waals surface area contributed by atoms with E-state index in [1.54, 1.807) is 11.5 Å². The van der Waals surface area contributed by atoms with Crippen LogP contribution in [-0.2, 0) is 33.8 Å². The van der Waals surface area contributed by atoms with Crippen LogP contribution in [0.2, 0.25) is 0 Å². The molecule has 240 valence electrons. The van der Waals surface area contributed by atoms with Crippen molar-refractivity contribution in [3.05, 3.63) is 121 Å². The number of carbonyl (C=O) groups excluding carboxylic acids is 2. The number of aromatic nitrogens is 2. The summed E-state index contributed by atoms with van der Waals surface area (Å²) in [6.45, 7) is 4.03. The molecule has 3 aromatic carbocycles. The van der Waals surface area contributed by atoms with E-state index >= 15 is 4.39 Å². The van der Waals surface area contributed by atoms with E-state index in [2.05, 4.69) is 29.6 Å². The van der Waals surface area contributed by atoms with E-state index in [1.807, 2.05) is 37.3 Å². The van der Waals surface area contributed by atoms with Gasteiger partial charge in [0.2, 0.25) is 0 Å². The Bertz CT molecular complexity index is 2270. The number of benzene rings is 3. The number of fused-ring (bicyclic) bond motifs is 8. The minimum absolute atomic E-state index is 0.0666. The minimum Gasteiger partial charge on any atom is -0.460 e. The van der Waals surface area contributed by atoms with Gasteiger partial charge in [-0.2, -0.15) is 0 Å². The van der Waals surface area contributed by atoms with Gasteiger partial charge in [-0.1, -0.05) is 55.5 Å². The summed E-state index contributed by atoms with van der Waals surface area (Å²) in [5.74, 6) is -1.30. The summed E-state index contributed by atoms with van der Waals surface area (Å²) in [5.41, 5.74) is 10.2. The Morgan fingerprint density at radius 3 is 2.46 bits per heavy atom. The molecular formula is C39H32FN3O5. The van der Waals surface area contributed by atoms with Crippen LogP contribution in [0.1, 0.15) is 82.2 Å². The summed E-state index contributed by atoms with van der Waals surface area (Å²) in [4.78, 5) is 45.0. The summed E-state index contributed by atoms with van der Waals surface area (Å²) < 4.78 is 28.2. The molecule has 2 atom stereocenters. The highest BCUT2D eigenvalue weighted by atomic mass is 19.1. The predicted molar refractivity (Wildman–Crippen MR) is 177 cm³/mol. The lowest BCUT2D eigenvalue weighted by Gasteiger charge is -2.29. The van der Waals surface area contributed by atoms with Gasteiger partial charge in [-0.3, -0.25) is 9.59 Å². The quantitative estimate of drug-likeness (QED) is 0.209. The first-order chi connectivity index (χ1) is 23.3. The third kappa shape index (κ3) is 4.06. The molecule has 9 rings (SSSR count). The Kier molecular flexibility index (Phi) is 6.38. The maximum absolute atomic E-state index is 15.3. The fraction of sp³-hybridized carbons (Fsp3) is 0.282. The molecule has 9 heteroatoms. The van der Waals surface area contributed by atoms with Gasteiger partial charge in [-0.15, -0.1) is 0 Å². The molecule has 2 aliphatic carbocycles. The molecule has 8 nitrogen and oxygen atoms in total. The highest BCUT2D eigenvalue weighted by Gasteiger charge is 2.38. The van der Waals surface area contributed by atoms with Crippen LogP contribution in [0.5, 0.6) is 0 Å². The van der Waals surface area contributed by atoms with Crippen LogP contribution < -0.4 is 10.9 Å². The molecule has 0 fully saturated rings. The zero-order valence-electron chi connectivity index (χ0n) is 26.6. The SMILES string of the molecule is CC[C@H]1C(=O)OCc2c1cc1n(c2=O)Cc2c-1nc1cc(F)c(C)c3c1c2[C@@H](NC(=O)OCC1c2ccccc2-c2ccccc21)CC3. The summed E-state index contributed by atoms with van der Waals surface area (Å²) in [5, 5.41) is 3.96. The van der Waals surface area contributed by atoms with Crippen LogP contribution in [-0.4, -0.2) is 28.2 Å². The number of hydrogen-bond donors (Lipinski definition) is 1. The molecule has 4 heterocycles. The van der Waals surface area contributed by atoms with Gasteiger partial charge in [0, 0.05) is 22.9 Å². The third-order valence-corrected chi connectivity index (χ3v) is 10.8. The number of esters is 1. The number of nitrogens with one attached hydrogen (secondary N) is 1. The molecule has 1 N–H and O–H groups in total. The first-order valence-corrected chi connectivity index (χ1v) is 16.5. The standard InChI is InChI=1S/C39H32FN3O5/c1-3-20-26-14-33-36-27(16-43(33)37(44)29(26)18-47-38(20)45)35-31(13-12-21-19(2)30(40)15-32(41-36)34(21)35)42-39(46)48-17-28-24-10-6-4-8-22(24)23-9-5-7-11-25(23)28/h4-11,14-15,20,28,31H,3,12-13,16-18H2,1-2H3,(H,42,46)/t20-,31+/m1/s1. The smallest absolute Gasteiger partial charge is 0.407 e. The monoisotopic (exact) mass is 641 g/mol. The Labute approximate surface area is 275 Å². The first-order valence-electron chi connectivity index (χ1n) is 16.5. The average Bonchev–Trinajstić information content (AvgIpc) is 3.62. The van der Waals surface area contributed by atoms with E-state index in [1.165, 1.54) is 6.07 Å². The summed E-state index contributed by atoms with van der Waals surface area (Å²) in [6, 6.07) is 19.3. The number of pyridine rings is 2. The topological polar surface area (TPSA) is 99.5 Å². The molecule has 4 aliphatic rings. The zero-order valence-corrected chi connectivity index (χ0v) is 26.6. The summed E-state index contributed by atoms with van der Waals surface area (Å²) in [7, 11) is 0. The van der Waals surface area contributed by atoms with Crippen molar-refractivity contribution in [3.63, 3.8) is 0 Å². The lowest BCUT2D eigenvalue weighted by atomic mass is 9.81. The number of nitrogens with zero attached hydrogens (tertiary/aromatic N) is 2. The van der Waals surface area contributed by atoms with Crippen molar-refractivity contribution < 1.29 is 23.5 Å². The Morgan fingerprint density at radius 2 is 1.73 bits per heavy atom. The van der Waals surface area contributed by atoms with Gasteiger partial charge in [0.25, 0.3) is 5.56 Å². The molecule has 0 saturated carbocycles. The lowest BCUT2D eigenvalue weighted by molar-refractivity contribution is -0.148. The van der Waals surface area contributed by atoms with Gasteiger partial charge < -0.3 is 19.4 Å². The number of alkyl carbamates (subject to hydrolysis) is 1. The van der Waals surface area contributed by atoms with Crippen LogP contribution in [0.4, 0.5) is 9.18 Å². The van der Waals surface area contributed by atoms with E-state index < -0.39 is 18.1 Å². The second-order valence-corrected chi connectivity index (χ2v) is 13.2. The molecule has 2 aliphatic heterocycles. The van der Waals surface area contributed by atoms with Gasteiger partial charge in [0.05, 0.1) is 41.0 Å². The highest BCUT2D eigenvalue weighted by molar-refractivity contribution is 5.93. The van der Waals surface area contributed by atoms with Crippen LogP contribution >= 0.6 is 0 Å². The largest absolute Gasteiger partial charge is 0.460 e. The van der Waals surface area contributed by atoms with Crippen molar-refractivity contribution in [3.8, 4) is 22.5 Å². The molecule has 5 aromatic rings. The number of aryl methyl sites for hydroxylation is 1. The number of hydrogen-bond acceptors (Lipinski definition) is 6. The van der Waals surface area contributed by atoms with Crippen molar-refractivity contribution in [2.75, 3.05) is 6.61 Å². The number of cyclic esters (lactones) is 1. The fourth-order valence-corrected chi connectivity index (χ4v) is 8.50. The Morgan fingerprint density at radius 1 is 1.00 bits per heavy atom. The van der Waals surface area contributed by atoms with Crippen LogP contribution in [0.25, 0.3) is 33.4 Å². The molecule has 0 radical (unpaired) electrons. The van der Waals surface area contributed by atoms with E-state index in [4.69, 9.17) is 14.5 Å². The number of amides is 1. The predicted octanol–water partition coefficient (Wildman–Crippen LogP) is 6.95. The van der Waals surface area contributed by atoms with Gasteiger partial charge in [0.1, 0.15) is 19.0 Å². The van der Waals surface area contributed by atoms with Gasteiger partial charge in [-0.25, -0.2) is 14.2 Å².